The van der Waals surface area contributed by atoms with Crippen molar-refractivity contribution in [1.82, 2.24) is 5.32 Å². The smallest absolute Gasteiger partial charge is 0.413 e. The van der Waals surface area contributed by atoms with E-state index in [1.165, 1.54) is 11.8 Å². The summed E-state index contributed by atoms with van der Waals surface area (Å²) in [4.78, 5) is 37.4. The molecule has 0 saturated carbocycles. The fourth-order valence-electron chi connectivity index (χ4n) is 2.35. The summed E-state index contributed by atoms with van der Waals surface area (Å²) in [5.74, 6) is -0.303. The second-order valence-electron chi connectivity index (χ2n) is 5.77. The van der Waals surface area contributed by atoms with Gasteiger partial charge in [0.05, 0.1) is 13.2 Å². The second kappa shape index (κ2) is 9.96. The third-order valence-electron chi connectivity index (χ3n) is 3.78. The van der Waals surface area contributed by atoms with E-state index in [0.29, 0.717) is 21.8 Å². The normalized spacial score (nSPS) is 10.1. The number of nitrogens with one attached hydrogen (secondary N) is 1. The zero-order chi connectivity index (χ0) is 20.7. The molecule has 0 saturated heterocycles. The molecule has 0 unspecified atom stereocenters. The van der Waals surface area contributed by atoms with Gasteiger partial charge in [0.2, 0.25) is 0 Å². The first-order valence-corrected chi connectivity index (χ1v) is 9.25. The molecule has 2 rings (SSSR count). The number of carbonyl (C=O) groups is 3. The Hall–Kier alpha value is -2.77. The number of ketones is 2. The minimum atomic E-state index is -0.711. The Kier molecular flexibility index (Phi) is 7.66. The van der Waals surface area contributed by atoms with E-state index in [1.807, 2.05) is 0 Å². The number of nitrogens with zero attached hydrogens (tertiary/aromatic N) is 1. The molecule has 0 heterocycles. The molecule has 2 aromatic carbocycles. The standard InChI is InChI=1S/C20H19ClN2O4S/c1-3-27-20(26)22-19(28)23(17-10-6-14(7-11-17)13(2)24)12-18(25)15-4-8-16(21)9-5-15/h4-11H,3,12H2,1-2H3,(H,22,26,28). The molecule has 0 bridgehead atoms. The number of halogens is 1. The molecule has 0 fully saturated rings. The number of ether oxygens (including phenoxy) is 1. The molecule has 1 N–H and O–H groups in total. The van der Waals surface area contributed by atoms with Gasteiger partial charge in [-0.25, -0.2) is 4.79 Å². The van der Waals surface area contributed by atoms with Gasteiger partial charge in [-0.3, -0.25) is 14.9 Å². The molecule has 8 heteroatoms. The predicted octanol–water partition coefficient (Wildman–Crippen LogP) is 4.26. The first-order chi connectivity index (χ1) is 13.3. The molecule has 0 aliphatic heterocycles. The SMILES string of the molecule is CCOC(=O)NC(=S)N(CC(=O)c1ccc(Cl)cc1)c1ccc(C(C)=O)cc1. The van der Waals surface area contributed by atoms with Crippen molar-refractivity contribution in [3.05, 3.63) is 64.7 Å². The highest BCUT2D eigenvalue weighted by molar-refractivity contribution is 7.80. The van der Waals surface area contributed by atoms with E-state index in [2.05, 4.69) is 5.32 Å². The van der Waals surface area contributed by atoms with Crippen LogP contribution in [0.2, 0.25) is 5.02 Å². The molecule has 1 amide bonds. The number of benzene rings is 2. The van der Waals surface area contributed by atoms with Gasteiger partial charge in [0.1, 0.15) is 0 Å². The summed E-state index contributed by atoms with van der Waals surface area (Å²) in [5, 5.41) is 2.97. The molecular weight excluding hydrogens is 400 g/mol. The van der Waals surface area contributed by atoms with Gasteiger partial charge in [0.15, 0.2) is 16.7 Å². The first kappa shape index (κ1) is 21.5. The Morgan fingerprint density at radius 1 is 1.04 bits per heavy atom. The second-order valence-corrected chi connectivity index (χ2v) is 6.59. The lowest BCUT2D eigenvalue weighted by molar-refractivity contribution is 0.0997. The number of thiocarbonyl (C=S) groups is 1. The van der Waals surface area contributed by atoms with Gasteiger partial charge < -0.3 is 9.64 Å². The zero-order valence-corrected chi connectivity index (χ0v) is 17.0. The zero-order valence-electron chi connectivity index (χ0n) is 15.4. The van der Waals surface area contributed by atoms with E-state index in [4.69, 9.17) is 28.6 Å². The Labute approximate surface area is 173 Å². The van der Waals surface area contributed by atoms with E-state index >= 15 is 0 Å². The van der Waals surface area contributed by atoms with E-state index in [-0.39, 0.29) is 29.8 Å². The first-order valence-electron chi connectivity index (χ1n) is 8.47. The van der Waals surface area contributed by atoms with Crippen molar-refractivity contribution in [2.24, 2.45) is 0 Å². The van der Waals surface area contributed by atoms with Gasteiger partial charge in [-0.15, -0.1) is 0 Å². The Balaban J connectivity index is 2.28. The van der Waals surface area contributed by atoms with Crippen LogP contribution in [0, 0.1) is 0 Å². The molecule has 0 aliphatic rings. The largest absolute Gasteiger partial charge is 0.450 e. The maximum atomic E-state index is 12.7. The minimum absolute atomic E-state index is 0.0105. The van der Waals surface area contributed by atoms with Crippen LogP contribution >= 0.6 is 23.8 Å². The highest BCUT2D eigenvalue weighted by Gasteiger charge is 2.20. The molecule has 0 radical (unpaired) electrons. The molecular formula is C20H19ClN2O4S. The number of hydrogen-bond donors (Lipinski definition) is 1. The van der Waals surface area contributed by atoms with Crippen LogP contribution in [-0.4, -0.2) is 35.9 Å². The van der Waals surface area contributed by atoms with Crippen LogP contribution in [0.3, 0.4) is 0 Å². The molecule has 0 atom stereocenters. The van der Waals surface area contributed by atoms with Gasteiger partial charge in [-0.2, -0.15) is 0 Å². The van der Waals surface area contributed by atoms with Crippen molar-refractivity contribution in [2.75, 3.05) is 18.1 Å². The van der Waals surface area contributed by atoms with Crippen molar-refractivity contribution >= 4 is 52.3 Å². The van der Waals surface area contributed by atoms with Gasteiger partial charge in [-0.1, -0.05) is 11.6 Å². The Morgan fingerprint density at radius 2 is 1.61 bits per heavy atom. The quantitative estimate of drug-likeness (QED) is 0.558. The summed E-state index contributed by atoms with van der Waals surface area (Å²) in [6, 6.07) is 13.0. The summed E-state index contributed by atoms with van der Waals surface area (Å²) in [6.45, 7) is 3.20. The fourth-order valence-corrected chi connectivity index (χ4v) is 2.73. The average molecular weight is 419 g/mol. The summed E-state index contributed by atoms with van der Waals surface area (Å²) < 4.78 is 4.84. The van der Waals surface area contributed by atoms with Crippen LogP contribution in [0.15, 0.2) is 48.5 Å². The van der Waals surface area contributed by atoms with E-state index in [9.17, 15) is 14.4 Å². The third kappa shape index (κ3) is 5.87. The Morgan fingerprint density at radius 3 is 2.14 bits per heavy atom. The lowest BCUT2D eigenvalue weighted by Gasteiger charge is -2.25. The van der Waals surface area contributed by atoms with Crippen LogP contribution in [0.25, 0.3) is 0 Å². The summed E-state index contributed by atoms with van der Waals surface area (Å²) in [5.41, 5.74) is 1.53. The molecule has 2 aromatic rings. The molecule has 28 heavy (non-hydrogen) atoms. The number of hydrogen-bond acceptors (Lipinski definition) is 5. The summed E-state index contributed by atoms with van der Waals surface area (Å²) in [7, 11) is 0. The third-order valence-corrected chi connectivity index (χ3v) is 4.36. The van der Waals surface area contributed by atoms with Crippen molar-refractivity contribution in [3.8, 4) is 0 Å². The lowest BCUT2D eigenvalue weighted by Crippen LogP contribution is -2.45. The van der Waals surface area contributed by atoms with E-state index in [0.717, 1.165) is 0 Å². The summed E-state index contributed by atoms with van der Waals surface area (Å²) in [6.07, 6.45) is -0.711. The van der Waals surface area contributed by atoms with Crippen LogP contribution in [-0.2, 0) is 4.74 Å². The highest BCUT2D eigenvalue weighted by atomic mass is 35.5. The number of carbonyl (C=O) groups excluding carboxylic acids is 3. The van der Waals surface area contributed by atoms with Crippen molar-refractivity contribution in [1.29, 1.82) is 0 Å². The van der Waals surface area contributed by atoms with Gasteiger partial charge in [0.25, 0.3) is 0 Å². The molecule has 0 aliphatic carbocycles. The van der Waals surface area contributed by atoms with Gasteiger partial charge in [-0.05, 0) is 74.6 Å². The van der Waals surface area contributed by atoms with E-state index in [1.54, 1.807) is 55.5 Å². The fraction of sp³-hybridized carbons (Fsp3) is 0.200. The summed E-state index contributed by atoms with van der Waals surface area (Å²) >= 11 is 11.2. The van der Waals surface area contributed by atoms with Crippen LogP contribution in [0.1, 0.15) is 34.6 Å². The van der Waals surface area contributed by atoms with Crippen molar-refractivity contribution in [3.63, 3.8) is 0 Å². The maximum Gasteiger partial charge on any atom is 0.413 e. The molecule has 0 aromatic heterocycles. The monoisotopic (exact) mass is 418 g/mol. The van der Waals surface area contributed by atoms with Crippen LogP contribution in [0.4, 0.5) is 10.5 Å². The number of anilines is 1. The van der Waals surface area contributed by atoms with Crippen LogP contribution < -0.4 is 10.2 Å². The molecule has 0 spiro atoms. The number of alkyl carbamates (subject to hydrolysis) is 1. The van der Waals surface area contributed by atoms with Gasteiger partial charge in [0, 0.05) is 21.8 Å². The van der Waals surface area contributed by atoms with E-state index < -0.39 is 6.09 Å². The van der Waals surface area contributed by atoms with Crippen molar-refractivity contribution < 1.29 is 19.1 Å². The average Bonchev–Trinajstić information content (AvgIpc) is 2.66. The number of amides is 1. The minimum Gasteiger partial charge on any atom is -0.450 e. The Bertz CT molecular complexity index is 882. The molecule has 6 nitrogen and oxygen atoms in total. The topological polar surface area (TPSA) is 75.7 Å². The lowest BCUT2D eigenvalue weighted by atomic mass is 10.1. The molecule has 146 valence electrons. The van der Waals surface area contributed by atoms with Gasteiger partial charge >= 0.3 is 6.09 Å². The number of rotatable bonds is 6. The number of Topliss-reactive ketones (excluding diaryl/α,β-unsaturated/α-hetero) is 2. The van der Waals surface area contributed by atoms with Crippen LogP contribution in [0.5, 0.6) is 0 Å². The highest BCUT2D eigenvalue weighted by Crippen LogP contribution is 2.18. The predicted molar refractivity (Wildman–Crippen MR) is 112 cm³/mol. The van der Waals surface area contributed by atoms with Crippen molar-refractivity contribution in [2.45, 2.75) is 13.8 Å². The maximum absolute atomic E-state index is 12.7.